The average Bonchev–Trinajstić information content (AvgIpc) is 2.30. The Morgan fingerprint density at radius 3 is 2.27 bits per heavy atom. The van der Waals surface area contributed by atoms with Crippen LogP contribution in [0.3, 0.4) is 0 Å². The lowest BCUT2D eigenvalue weighted by atomic mass is 10.00. The van der Waals surface area contributed by atoms with Crippen molar-refractivity contribution >= 4 is 0 Å². The molecule has 0 aromatic heterocycles. The van der Waals surface area contributed by atoms with Crippen LogP contribution < -0.4 is 5.73 Å². The maximum absolute atomic E-state index is 9.21. The van der Waals surface area contributed by atoms with E-state index in [1.165, 1.54) is 0 Å². The normalized spacial score (nSPS) is 10.2. The molecule has 2 rings (SSSR count). The number of benzene rings is 2. The van der Waals surface area contributed by atoms with Gasteiger partial charge in [-0.1, -0.05) is 36.4 Å². The van der Waals surface area contributed by atoms with Crippen LogP contribution in [-0.2, 0) is 6.54 Å². The number of hydrogen-bond acceptors (Lipinski definition) is 2. The van der Waals surface area contributed by atoms with Crippen LogP contribution in [0.15, 0.2) is 48.5 Å². The highest BCUT2D eigenvalue weighted by atomic mass is 16.3. The smallest absolute Gasteiger partial charge is 0.115 e. The molecule has 15 heavy (non-hydrogen) atoms. The van der Waals surface area contributed by atoms with Crippen molar-refractivity contribution in [3.63, 3.8) is 0 Å². The number of nitrogens with two attached hydrogens (primary N) is 1. The highest BCUT2D eigenvalue weighted by Gasteiger charge is 2.02. The number of phenolic OH excluding ortho intramolecular Hbond substituents is 1. The minimum Gasteiger partial charge on any atom is -0.508 e. The van der Waals surface area contributed by atoms with E-state index >= 15 is 0 Å². The fourth-order valence-corrected chi connectivity index (χ4v) is 1.62. The van der Waals surface area contributed by atoms with Crippen LogP contribution >= 0.6 is 0 Å². The molecule has 0 heterocycles. The van der Waals surface area contributed by atoms with Crippen LogP contribution in [0.5, 0.6) is 5.75 Å². The molecular weight excluding hydrogens is 186 g/mol. The summed E-state index contributed by atoms with van der Waals surface area (Å²) in [5, 5.41) is 9.21. The van der Waals surface area contributed by atoms with Gasteiger partial charge in [-0.15, -0.1) is 0 Å². The summed E-state index contributed by atoms with van der Waals surface area (Å²) in [4.78, 5) is 0. The molecule has 0 amide bonds. The summed E-state index contributed by atoms with van der Waals surface area (Å²) in [6.45, 7) is 0.525. The first-order chi connectivity index (χ1) is 7.31. The number of rotatable bonds is 2. The van der Waals surface area contributed by atoms with Crippen molar-refractivity contribution in [1.82, 2.24) is 0 Å². The zero-order valence-corrected chi connectivity index (χ0v) is 8.35. The predicted molar refractivity (Wildman–Crippen MR) is 61.4 cm³/mol. The van der Waals surface area contributed by atoms with Crippen LogP contribution in [0, 0.1) is 0 Å². The second kappa shape index (κ2) is 4.15. The largest absolute Gasteiger partial charge is 0.508 e. The minimum atomic E-state index is 0.281. The molecule has 2 nitrogen and oxygen atoms in total. The van der Waals surface area contributed by atoms with Crippen molar-refractivity contribution in [2.24, 2.45) is 5.73 Å². The van der Waals surface area contributed by atoms with Crippen molar-refractivity contribution in [1.29, 1.82) is 0 Å². The van der Waals surface area contributed by atoms with Crippen LogP contribution in [-0.4, -0.2) is 5.11 Å². The third kappa shape index (κ3) is 2.00. The Morgan fingerprint density at radius 2 is 1.60 bits per heavy atom. The first kappa shape index (κ1) is 9.74. The van der Waals surface area contributed by atoms with E-state index in [9.17, 15) is 5.11 Å². The lowest BCUT2D eigenvalue weighted by Gasteiger charge is -2.07. The van der Waals surface area contributed by atoms with Gasteiger partial charge in [0.25, 0.3) is 0 Å². The summed E-state index contributed by atoms with van der Waals surface area (Å²) >= 11 is 0. The third-order valence-electron chi connectivity index (χ3n) is 2.42. The van der Waals surface area contributed by atoms with Gasteiger partial charge >= 0.3 is 0 Å². The lowest BCUT2D eigenvalue weighted by Crippen LogP contribution is -1.98. The highest BCUT2D eigenvalue weighted by molar-refractivity contribution is 5.67. The zero-order chi connectivity index (χ0) is 10.7. The van der Waals surface area contributed by atoms with Crippen LogP contribution in [0.4, 0.5) is 0 Å². The molecule has 0 unspecified atom stereocenters. The second-order valence-electron chi connectivity index (χ2n) is 3.41. The maximum atomic E-state index is 9.21. The molecule has 0 saturated carbocycles. The van der Waals surface area contributed by atoms with Gasteiger partial charge < -0.3 is 10.8 Å². The fourth-order valence-electron chi connectivity index (χ4n) is 1.62. The SMILES string of the molecule is NCc1ccccc1-c1ccc(O)cc1. The number of hydrogen-bond donors (Lipinski definition) is 2. The minimum absolute atomic E-state index is 0.281. The molecule has 0 atom stereocenters. The standard InChI is InChI=1S/C13H13NO/c14-9-11-3-1-2-4-13(11)10-5-7-12(15)8-6-10/h1-8,15H,9,14H2. The number of phenols is 1. The van der Waals surface area contributed by atoms with Gasteiger partial charge in [0.1, 0.15) is 5.75 Å². The molecule has 0 aliphatic rings. The van der Waals surface area contributed by atoms with E-state index in [2.05, 4.69) is 0 Å². The summed E-state index contributed by atoms with van der Waals surface area (Å²) in [7, 11) is 0. The fraction of sp³-hybridized carbons (Fsp3) is 0.0769. The average molecular weight is 199 g/mol. The second-order valence-corrected chi connectivity index (χ2v) is 3.41. The maximum Gasteiger partial charge on any atom is 0.115 e. The highest BCUT2D eigenvalue weighted by Crippen LogP contribution is 2.24. The molecule has 2 aromatic rings. The first-order valence-corrected chi connectivity index (χ1v) is 4.88. The lowest BCUT2D eigenvalue weighted by molar-refractivity contribution is 0.475. The van der Waals surface area contributed by atoms with Crippen molar-refractivity contribution < 1.29 is 5.11 Å². The van der Waals surface area contributed by atoms with Crippen LogP contribution in [0.2, 0.25) is 0 Å². The molecule has 0 spiro atoms. The van der Waals surface area contributed by atoms with Crippen molar-refractivity contribution in [2.45, 2.75) is 6.54 Å². The quantitative estimate of drug-likeness (QED) is 0.780. The van der Waals surface area contributed by atoms with E-state index in [0.717, 1.165) is 16.7 Å². The van der Waals surface area contributed by atoms with E-state index < -0.39 is 0 Å². The molecule has 0 radical (unpaired) electrons. The Kier molecular flexibility index (Phi) is 2.70. The van der Waals surface area contributed by atoms with Crippen LogP contribution in [0.25, 0.3) is 11.1 Å². The van der Waals surface area contributed by atoms with E-state index in [-0.39, 0.29) is 5.75 Å². The molecular formula is C13H13NO. The van der Waals surface area contributed by atoms with Gasteiger partial charge in [-0.25, -0.2) is 0 Å². The molecule has 0 fully saturated rings. The predicted octanol–water partition coefficient (Wildman–Crippen LogP) is 2.52. The van der Waals surface area contributed by atoms with Crippen molar-refractivity contribution in [3.05, 3.63) is 54.1 Å². The van der Waals surface area contributed by atoms with E-state index in [4.69, 9.17) is 5.73 Å². The van der Waals surface area contributed by atoms with Gasteiger partial charge in [0.2, 0.25) is 0 Å². The Balaban J connectivity index is 2.49. The molecule has 2 heteroatoms. The summed E-state index contributed by atoms with van der Waals surface area (Å²) in [5.41, 5.74) is 8.99. The third-order valence-corrected chi connectivity index (χ3v) is 2.42. The van der Waals surface area contributed by atoms with Gasteiger partial charge in [0, 0.05) is 6.54 Å². The first-order valence-electron chi connectivity index (χ1n) is 4.88. The van der Waals surface area contributed by atoms with Crippen molar-refractivity contribution in [2.75, 3.05) is 0 Å². The summed E-state index contributed by atoms with van der Waals surface area (Å²) in [6.07, 6.45) is 0. The van der Waals surface area contributed by atoms with Gasteiger partial charge in [0.15, 0.2) is 0 Å². The molecule has 0 saturated heterocycles. The molecule has 0 bridgehead atoms. The Labute approximate surface area is 89.0 Å². The van der Waals surface area contributed by atoms with Gasteiger partial charge in [-0.2, -0.15) is 0 Å². The molecule has 3 N–H and O–H groups in total. The van der Waals surface area contributed by atoms with Gasteiger partial charge in [-0.3, -0.25) is 0 Å². The summed E-state index contributed by atoms with van der Waals surface area (Å²) in [6, 6.07) is 15.2. The van der Waals surface area contributed by atoms with E-state index in [1.54, 1.807) is 12.1 Å². The molecule has 2 aromatic carbocycles. The number of aromatic hydroxyl groups is 1. The van der Waals surface area contributed by atoms with Gasteiger partial charge in [0.05, 0.1) is 0 Å². The molecule has 0 aliphatic carbocycles. The molecule has 76 valence electrons. The summed E-state index contributed by atoms with van der Waals surface area (Å²) in [5.74, 6) is 0.281. The monoisotopic (exact) mass is 199 g/mol. The Bertz CT molecular complexity index is 448. The summed E-state index contributed by atoms with van der Waals surface area (Å²) < 4.78 is 0. The zero-order valence-electron chi connectivity index (χ0n) is 8.35. The topological polar surface area (TPSA) is 46.2 Å². The van der Waals surface area contributed by atoms with Crippen LogP contribution in [0.1, 0.15) is 5.56 Å². The van der Waals surface area contributed by atoms with E-state index in [1.807, 2.05) is 36.4 Å². The molecule has 0 aliphatic heterocycles. The van der Waals surface area contributed by atoms with E-state index in [0.29, 0.717) is 6.54 Å². The van der Waals surface area contributed by atoms with Gasteiger partial charge in [-0.05, 0) is 28.8 Å². The van der Waals surface area contributed by atoms with Crippen molar-refractivity contribution in [3.8, 4) is 16.9 Å². The Morgan fingerprint density at radius 1 is 0.933 bits per heavy atom. The Hall–Kier alpha value is -1.80.